The number of anilines is 2. The number of benzene rings is 2. The summed E-state index contributed by atoms with van der Waals surface area (Å²) in [6.07, 6.45) is 4.28. The zero-order valence-electron chi connectivity index (χ0n) is 15.5. The van der Waals surface area contributed by atoms with E-state index in [0.29, 0.717) is 30.0 Å². The van der Waals surface area contributed by atoms with E-state index in [4.69, 9.17) is 4.74 Å². The van der Waals surface area contributed by atoms with Gasteiger partial charge in [-0.25, -0.2) is 9.07 Å². The summed E-state index contributed by atoms with van der Waals surface area (Å²) in [5, 5.41) is 9.42. The monoisotopic (exact) mass is 394 g/mol. The summed E-state index contributed by atoms with van der Waals surface area (Å²) in [5.74, 6) is -1.15. The molecular formula is C21H19FN4O3. The number of hydrogen-bond donors (Lipinski definition) is 2. The smallest absolute Gasteiger partial charge is 0.255 e. The van der Waals surface area contributed by atoms with E-state index in [2.05, 4.69) is 15.7 Å². The summed E-state index contributed by atoms with van der Waals surface area (Å²) in [4.78, 5) is 24.7. The lowest BCUT2D eigenvalue weighted by molar-refractivity contribution is -0.124. The molecule has 0 saturated carbocycles. The fourth-order valence-corrected chi connectivity index (χ4v) is 3.13. The first-order chi connectivity index (χ1) is 14.1. The lowest BCUT2D eigenvalue weighted by Gasteiger charge is -2.12. The van der Waals surface area contributed by atoms with Crippen molar-refractivity contribution >= 4 is 23.2 Å². The highest BCUT2D eigenvalue weighted by Gasteiger charge is 2.23. The maximum absolute atomic E-state index is 14.4. The number of rotatable bonds is 5. The number of nitrogens with zero attached hydrogens (tertiary/aromatic N) is 2. The Kier molecular flexibility index (Phi) is 5.35. The Labute approximate surface area is 166 Å². The van der Waals surface area contributed by atoms with Gasteiger partial charge in [-0.05, 0) is 55.3 Å². The molecule has 0 radical (unpaired) electrons. The van der Waals surface area contributed by atoms with Crippen molar-refractivity contribution in [3.05, 3.63) is 72.3 Å². The van der Waals surface area contributed by atoms with Gasteiger partial charge in [-0.3, -0.25) is 9.59 Å². The number of carbonyl (C=O) groups excluding carboxylic acids is 2. The molecule has 1 aromatic heterocycles. The van der Waals surface area contributed by atoms with E-state index in [1.807, 2.05) is 0 Å². The molecule has 8 heteroatoms. The summed E-state index contributed by atoms with van der Waals surface area (Å²) in [7, 11) is 0. The highest BCUT2D eigenvalue weighted by molar-refractivity contribution is 6.05. The molecule has 1 fully saturated rings. The lowest BCUT2D eigenvalue weighted by atomic mass is 10.1. The number of aromatic nitrogens is 2. The van der Waals surface area contributed by atoms with Gasteiger partial charge >= 0.3 is 0 Å². The Morgan fingerprint density at radius 1 is 1.10 bits per heavy atom. The van der Waals surface area contributed by atoms with Crippen molar-refractivity contribution < 1.29 is 18.7 Å². The maximum atomic E-state index is 14.4. The summed E-state index contributed by atoms with van der Waals surface area (Å²) in [5.41, 5.74) is 1.44. The lowest BCUT2D eigenvalue weighted by Crippen LogP contribution is -2.27. The number of ether oxygens (including phenoxy) is 1. The van der Waals surface area contributed by atoms with Gasteiger partial charge in [-0.2, -0.15) is 5.10 Å². The van der Waals surface area contributed by atoms with Gasteiger partial charge < -0.3 is 15.4 Å². The van der Waals surface area contributed by atoms with E-state index in [1.54, 1.807) is 48.8 Å². The maximum Gasteiger partial charge on any atom is 0.255 e. The second kappa shape index (κ2) is 8.24. The van der Waals surface area contributed by atoms with Crippen LogP contribution in [0.25, 0.3) is 5.69 Å². The van der Waals surface area contributed by atoms with Gasteiger partial charge in [0.1, 0.15) is 11.8 Å². The molecule has 2 N–H and O–H groups in total. The van der Waals surface area contributed by atoms with Crippen LogP contribution in [0, 0.1) is 5.82 Å². The average Bonchev–Trinajstić information content (AvgIpc) is 3.42. The molecule has 0 bridgehead atoms. The Hall–Kier alpha value is -3.52. The fraction of sp³-hybridized carbons (Fsp3) is 0.190. The average molecular weight is 394 g/mol. The van der Waals surface area contributed by atoms with Crippen molar-refractivity contribution in [2.75, 3.05) is 17.2 Å². The van der Waals surface area contributed by atoms with E-state index in [0.717, 1.165) is 6.42 Å². The first-order valence-electron chi connectivity index (χ1n) is 9.23. The number of amides is 2. The van der Waals surface area contributed by atoms with E-state index in [1.165, 1.54) is 16.8 Å². The minimum absolute atomic E-state index is 0.226. The van der Waals surface area contributed by atoms with Crippen LogP contribution in [0.2, 0.25) is 0 Å². The van der Waals surface area contributed by atoms with E-state index >= 15 is 0 Å². The third-order valence-electron chi connectivity index (χ3n) is 4.57. The zero-order chi connectivity index (χ0) is 20.2. The van der Waals surface area contributed by atoms with Crippen LogP contribution in [0.1, 0.15) is 23.2 Å². The summed E-state index contributed by atoms with van der Waals surface area (Å²) >= 11 is 0. The van der Waals surface area contributed by atoms with Crippen molar-refractivity contribution in [3.8, 4) is 5.69 Å². The zero-order valence-corrected chi connectivity index (χ0v) is 15.5. The van der Waals surface area contributed by atoms with Gasteiger partial charge in [0.15, 0.2) is 5.82 Å². The minimum atomic E-state index is -0.510. The van der Waals surface area contributed by atoms with Crippen molar-refractivity contribution in [2.45, 2.75) is 18.9 Å². The van der Waals surface area contributed by atoms with Crippen molar-refractivity contribution in [3.63, 3.8) is 0 Å². The van der Waals surface area contributed by atoms with Crippen LogP contribution in [0.3, 0.4) is 0 Å². The second-order valence-corrected chi connectivity index (χ2v) is 6.64. The molecule has 1 saturated heterocycles. The fourth-order valence-electron chi connectivity index (χ4n) is 3.13. The molecule has 148 valence electrons. The highest BCUT2D eigenvalue weighted by Crippen LogP contribution is 2.20. The third-order valence-corrected chi connectivity index (χ3v) is 4.57. The van der Waals surface area contributed by atoms with Crippen LogP contribution < -0.4 is 10.6 Å². The molecule has 1 unspecified atom stereocenters. The summed E-state index contributed by atoms with van der Waals surface area (Å²) < 4.78 is 21.1. The number of nitrogens with one attached hydrogen (secondary N) is 2. The van der Waals surface area contributed by atoms with Crippen LogP contribution in [-0.4, -0.2) is 34.3 Å². The SMILES string of the molecule is O=C(Nc1ccc(-n2cccn2)c(F)c1)c1cccc(NC(=O)C2CCCO2)c1. The summed E-state index contributed by atoms with van der Waals surface area (Å²) in [6, 6.07) is 12.6. The van der Waals surface area contributed by atoms with Gasteiger partial charge in [0.25, 0.3) is 11.8 Å². The van der Waals surface area contributed by atoms with Crippen molar-refractivity contribution in [1.82, 2.24) is 9.78 Å². The Morgan fingerprint density at radius 3 is 2.69 bits per heavy atom. The van der Waals surface area contributed by atoms with Gasteiger partial charge in [0, 0.05) is 35.9 Å². The second-order valence-electron chi connectivity index (χ2n) is 6.64. The van der Waals surface area contributed by atoms with E-state index < -0.39 is 17.8 Å². The van der Waals surface area contributed by atoms with Crippen LogP contribution in [0.4, 0.5) is 15.8 Å². The topological polar surface area (TPSA) is 85.3 Å². The minimum Gasteiger partial charge on any atom is -0.368 e. The van der Waals surface area contributed by atoms with E-state index in [9.17, 15) is 14.0 Å². The quantitative estimate of drug-likeness (QED) is 0.695. The Morgan fingerprint density at radius 2 is 1.97 bits per heavy atom. The molecule has 2 heterocycles. The largest absolute Gasteiger partial charge is 0.368 e. The molecular weight excluding hydrogens is 375 g/mol. The normalized spacial score (nSPS) is 15.8. The molecule has 29 heavy (non-hydrogen) atoms. The van der Waals surface area contributed by atoms with Crippen LogP contribution >= 0.6 is 0 Å². The molecule has 7 nitrogen and oxygen atoms in total. The molecule has 0 aliphatic carbocycles. The first kappa shape index (κ1) is 18.8. The molecule has 1 atom stereocenters. The van der Waals surface area contributed by atoms with Crippen LogP contribution in [0.5, 0.6) is 0 Å². The molecule has 2 aromatic carbocycles. The predicted molar refractivity (Wildman–Crippen MR) is 106 cm³/mol. The summed E-state index contributed by atoms with van der Waals surface area (Å²) in [6.45, 7) is 0.580. The van der Waals surface area contributed by atoms with E-state index in [-0.39, 0.29) is 11.6 Å². The predicted octanol–water partition coefficient (Wildman–Crippen LogP) is 3.38. The van der Waals surface area contributed by atoms with Crippen LogP contribution in [0.15, 0.2) is 60.9 Å². The van der Waals surface area contributed by atoms with Crippen LogP contribution in [-0.2, 0) is 9.53 Å². The standard InChI is InChI=1S/C21H19FN4O3/c22-17-13-16(7-8-18(17)26-10-3-9-23-26)24-20(27)14-4-1-5-15(12-14)25-21(28)19-6-2-11-29-19/h1,3-5,7-10,12-13,19H,2,6,11H2,(H,24,27)(H,25,28). The van der Waals surface area contributed by atoms with Gasteiger partial charge in [0.2, 0.25) is 0 Å². The third kappa shape index (κ3) is 4.33. The van der Waals surface area contributed by atoms with Gasteiger partial charge in [-0.1, -0.05) is 6.07 Å². The van der Waals surface area contributed by atoms with Gasteiger partial charge in [0.05, 0.1) is 0 Å². The Bertz CT molecular complexity index is 1030. The number of hydrogen-bond acceptors (Lipinski definition) is 4. The van der Waals surface area contributed by atoms with Gasteiger partial charge in [-0.15, -0.1) is 0 Å². The molecule has 2 amide bonds. The highest BCUT2D eigenvalue weighted by atomic mass is 19.1. The van der Waals surface area contributed by atoms with Crippen molar-refractivity contribution in [2.24, 2.45) is 0 Å². The molecule has 4 rings (SSSR count). The first-order valence-corrected chi connectivity index (χ1v) is 9.23. The Balaban J connectivity index is 1.44. The molecule has 1 aliphatic heterocycles. The van der Waals surface area contributed by atoms with Crippen molar-refractivity contribution in [1.29, 1.82) is 0 Å². The molecule has 1 aliphatic rings. The number of halogens is 1. The molecule has 3 aromatic rings. The molecule has 0 spiro atoms. The number of carbonyl (C=O) groups is 2.